The summed E-state index contributed by atoms with van der Waals surface area (Å²) >= 11 is 0. The van der Waals surface area contributed by atoms with Crippen LogP contribution in [0, 0.1) is 6.92 Å². The number of rotatable bonds is 8. The molecule has 1 fully saturated rings. The minimum Gasteiger partial charge on any atom is -0.491 e. The zero-order valence-electron chi connectivity index (χ0n) is 13.5. The third kappa shape index (κ3) is 4.80. The Bertz CT molecular complexity index is 762. The maximum absolute atomic E-state index is 12.1. The molecule has 0 radical (unpaired) electrons. The highest BCUT2D eigenvalue weighted by atomic mass is 32.2. The van der Waals surface area contributed by atoms with Gasteiger partial charge in [-0.2, -0.15) is 8.42 Å². The van der Waals surface area contributed by atoms with Gasteiger partial charge in [-0.3, -0.25) is 4.18 Å². The van der Waals surface area contributed by atoms with Crippen molar-refractivity contribution < 1.29 is 22.1 Å². The van der Waals surface area contributed by atoms with Crippen LogP contribution in [0.4, 0.5) is 0 Å². The van der Waals surface area contributed by atoms with Gasteiger partial charge in [0.1, 0.15) is 18.5 Å². The van der Waals surface area contributed by atoms with E-state index in [1.165, 1.54) is 0 Å². The highest BCUT2D eigenvalue weighted by Gasteiger charge is 2.23. The molecule has 128 valence electrons. The zero-order valence-corrected chi connectivity index (χ0v) is 14.3. The number of aryl methyl sites for hydroxylation is 1. The molecule has 0 aromatic heterocycles. The van der Waals surface area contributed by atoms with E-state index in [0.29, 0.717) is 13.0 Å². The SMILES string of the molecule is Cc1ccc(S(=O)(=O)OCCc2ccc(OCC3CO3)cc2)cc1. The molecule has 0 N–H and O–H groups in total. The maximum Gasteiger partial charge on any atom is 0.296 e. The standard InChI is InChI=1S/C18H20O5S/c1-14-2-8-18(9-3-14)24(19,20)23-11-10-15-4-6-16(7-5-15)21-12-17-13-22-17/h2-9,17H,10-13H2,1H3. The fraction of sp³-hybridized carbons (Fsp3) is 0.333. The summed E-state index contributed by atoms with van der Waals surface area (Å²) in [7, 11) is -3.71. The monoisotopic (exact) mass is 348 g/mol. The van der Waals surface area contributed by atoms with Crippen molar-refractivity contribution in [2.24, 2.45) is 0 Å². The van der Waals surface area contributed by atoms with Crippen LogP contribution in [0.5, 0.6) is 5.75 Å². The lowest BCUT2D eigenvalue weighted by molar-refractivity contribution is 0.263. The predicted octanol–water partition coefficient (Wildman–Crippen LogP) is 2.72. The highest BCUT2D eigenvalue weighted by Crippen LogP contribution is 2.17. The first kappa shape index (κ1) is 17.0. The van der Waals surface area contributed by atoms with E-state index in [1.54, 1.807) is 24.3 Å². The fourth-order valence-electron chi connectivity index (χ4n) is 2.15. The Morgan fingerprint density at radius 2 is 1.75 bits per heavy atom. The molecule has 2 aromatic carbocycles. The first-order chi connectivity index (χ1) is 11.5. The van der Waals surface area contributed by atoms with Gasteiger partial charge < -0.3 is 9.47 Å². The van der Waals surface area contributed by atoms with Crippen molar-refractivity contribution in [1.29, 1.82) is 0 Å². The van der Waals surface area contributed by atoms with Gasteiger partial charge in [0.15, 0.2) is 0 Å². The Balaban J connectivity index is 1.49. The van der Waals surface area contributed by atoms with Crippen molar-refractivity contribution in [3.8, 4) is 5.75 Å². The molecule has 2 aromatic rings. The summed E-state index contributed by atoms with van der Waals surface area (Å²) < 4.78 is 39.9. The Hall–Kier alpha value is -1.89. The van der Waals surface area contributed by atoms with Crippen molar-refractivity contribution in [2.75, 3.05) is 19.8 Å². The van der Waals surface area contributed by atoms with Crippen LogP contribution in [-0.4, -0.2) is 34.3 Å². The molecular formula is C18H20O5S. The van der Waals surface area contributed by atoms with Gasteiger partial charge in [-0.05, 0) is 43.2 Å². The molecule has 1 heterocycles. The zero-order chi connectivity index (χ0) is 17.0. The fourth-order valence-corrected chi connectivity index (χ4v) is 3.06. The summed E-state index contributed by atoms with van der Waals surface area (Å²) in [5.41, 5.74) is 1.99. The minimum absolute atomic E-state index is 0.103. The molecule has 24 heavy (non-hydrogen) atoms. The van der Waals surface area contributed by atoms with E-state index in [9.17, 15) is 8.42 Å². The second kappa shape index (κ2) is 7.34. The molecule has 0 saturated carbocycles. The highest BCUT2D eigenvalue weighted by molar-refractivity contribution is 7.86. The van der Waals surface area contributed by atoms with Crippen LogP contribution in [0.1, 0.15) is 11.1 Å². The van der Waals surface area contributed by atoms with E-state index < -0.39 is 10.1 Å². The topological polar surface area (TPSA) is 65.1 Å². The molecule has 1 aliphatic rings. The third-order valence-corrected chi connectivity index (χ3v) is 5.03. The largest absolute Gasteiger partial charge is 0.491 e. The average Bonchev–Trinajstić information content (AvgIpc) is 3.39. The van der Waals surface area contributed by atoms with Crippen molar-refractivity contribution in [2.45, 2.75) is 24.3 Å². The predicted molar refractivity (Wildman–Crippen MR) is 89.7 cm³/mol. The quantitative estimate of drug-likeness (QED) is 0.542. The van der Waals surface area contributed by atoms with Crippen LogP contribution < -0.4 is 4.74 Å². The lowest BCUT2D eigenvalue weighted by Crippen LogP contribution is -2.09. The smallest absolute Gasteiger partial charge is 0.296 e. The number of hydrogen-bond donors (Lipinski definition) is 0. The van der Waals surface area contributed by atoms with Gasteiger partial charge in [-0.25, -0.2) is 0 Å². The molecule has 1 saturated heterocycles. The van der Waals surface area contributed by atoms with E-state index in [4.69, 9.17) is 13.7 Å². The van der Waals surface area contributed by atoms with Crippen LogP contribution in [0.25, 0.3) is 0 Å². The van der Waals surface area contributed by atoms with Crippen molar-refractivity contribution in [3.63, 3.8) is 0 Å². The van der Waals surface area contributed by atoms with Gasteiger partial charge in [0.2, 0.25) is 0 Å². The molecule has 1 aliphatic heterocycles. The van der Waals surface area contributed by atoms with Crippen molar-refractivity contribution in [3.05, 3.63) is 59.7 Å². The van der Waals surface area contributed by atoms with E-state index in [-0.39, 0.29) is 17.6 Å². The van der Waals surface area contributed by atoms with Crippen LogP contribution in [-0.2, 0) is 25.5 Å². The van der Waals surface area contributed by atoms with Crippen molar-refractivity contribution >= 4 is 10.1 Å². The summed E-state index contributed by atoms with van der Waals surface area (Å²) in [5.74, 6) is 0.780. The first-order valence-corrected chi connectivity index (χ1v) is 9.23. The van der Waals surface area contributed by atoms with Gasteiger partial charge in [0.25, 0.3) is 10.1 Å². The molecular weight excluding hydrogens is 328 g/mol. The molecule has 1 unspecified atom stereocenters. The summed E-state index contributed by atoms with van der Waals surface area (Å²) in [6.45, 7) is 3.34. The number of epoxide rings is 1. The Morgan fingerprint density at radius 3 is 2.38 bits per heavy atom. The van der Waals surface area contributed by atoms with E-state index in [1.807, 2.05) is 31.2 Å². The number of hydrogen-bond acceptors (Lipinski definition) is 5. The van der Waals surface area contributed by atoms with Crippen LogP contribution in [0.2, 0.25) is 0 Å². The molecule has 0 aliphatic carbocycles. The molecule has 0 bridgehead atoms. The molecule has 0 spiro atoms. The maximum atomic E-state index is 12.1. The molecule has 3 rings (SSSR count). The molecule has 0 amide bonds. The lowest BCUT2D eigenvalue weighted by atomic mass is 10.1. The summed E-state index contributed by atoms with van der Waals surface area (Å²) in [5, 5.41) is 0. The second-order valence-corrected chi connectivity index (χ2v) is 7.36. The van der Waals surface area contributed by atoms with Crippen molar-refractivity contribution in [1.82, 2.24) is 0 Å². The Morgan fingerprint density at radius 1 is 1.08 bits per heavy atom. The summed E-state index contributed by atoms with van der Waals surface area (Å²) in [6.07, 6.45) is 0.738. The number of ether oxygens (including phenoxy) is 2. The summed E-state index contributed by atoms with van der Waals surface area (Å²) in [6, 6.07) is 14.2. The Kier molecular flexibility index (Phi) is 5.18. The Labute approximate surface area is 142 Å². The van der Waals surface area contributed by atoms with Crippen LogP contribution >= 0.6 is 0 Å². The lowest BCUT2D eigenvalue weighted by Gasteiger charge is -2.07. The van der Waals surface area contributed by atoms with Gasteiger partial charge in [-0.15, -0.1) is 0 Å². The van der Waals surface area contributed by atoms with Crippen LogP contribution in [0.15, 0.2) is 53.4 Å². The normalized spacial score (nSPS) is 16.8. The van der Waals surface area contributed by atoms with Gasteiger partial charge >= 0.3 is 0 Å². The van der Waals surface area contributed by atoms with Gasteiger partial charge in [0, 0.05) is 0 Å². The second-order valence-electron chi connectivity index (χ2n) is 5.75. The van der Waals surface area contributed by atoms with Crippen LogP contribution in [0.3, 0.4) is 0 Å². The van der Waals surface area contributed by atoms with Gasteiger partial charge in [0.05, 0.1) is 18.1 Å². The minimum atomic E-state index is -3.71. The van der Waals surface area contributed by atoms with E-state index in [2.05, 4.69) is 0 Å². The van der Waals surface area contributed by atoms with Gasteiger partial charge in [-0.1, -0.05) is 29.8 Å². The first-order valence-electron chi connectivity index (χ1n) is 7.82. The molecule has 1 atom stereocenters. The third-order valence-electron chi connectivity index (χ3n) is 3.70. The number of benzene rings is 2. The average molecular weight is 348 g/mol. The van der Waals surface area contributed by atoms with E-state index >= 15 is 0 Å². The summed E-state index contributed by atoms with van der Waals surface area (Å²) in [4.78, 5) is 0.180. The van der Waals surface area contributed by atoms with E-state index in [0.717, 1.165) is 23.5 Å². The molecule has 5 nitrogen and oxygen atoms in total. The molecule has 6 heteroatoms.